The maximum Gasteiger partial charge on any atom is 0.249 e. The van der Waals surface area contributed by atoms with Crippen molar-refractivity contribution in [2.24, 2.45) is 7.05 Å². The van der Waals surface area contributed by atoms with Crippen molar-refractivity contribution in [2.45, 2.75) is 37.3 Å². The summed E-state index contributed by atoms with van der Waals surface area (Å²) >= 11 is 0. The fourth-order valence-electron chi connectivity index (χ4n) is 3.94. The van der Waals surface area contributed by atoms with Gasteiger partial charge in [0.05, 0.1) is 16.7 Å². The highest BCUT2D eigenvalue weighted by molar-refractivity contribution is 7.90. The van der Waals surface area contributed by atoms with Gasteiger partial charge < -0.3 is 4.57 Å². The molecule has 2 atom stereocenters. The molecule has 3 heterocycles. The van der Waals surface area contributed by atoms with E-state index in [1.807, 2.05) is 37.4 Å². The van der Waals surface area contributed by atoms with Crippen LogP contribution in [0.4, 0.5) is 0 Å². The Bertz CT molecular complexity index is 1400. The minimum absolute atomic E-state index is 0.0766. The molecule has 0 N–H and O–H groups in total. The lowest BCUT2D eigenvalue weighted by molar-refractivity contribution is 0.589. The number of benzene rings is 1. The van der Waals surface area contributed by atoms with E-state index in [1.165, 1.54) is 0 Å². The molecule has 1 aliphatic carbocycles. The maximum absolute atomic E-state index is 12.2. The molecule has 1 aromatic carbocycles. The van der Waals surface area contributed by atoms with E-state index in [4.69, 9.17) is 4.98 Å². The Morgan fingerprint density at radius 1 is 1.03 bits per heavy atom. The second-order valence-corrected chi connectivity index (χ2v) is 9.70. The summed E-state index contributed by atoms with van der Waals surface area (Å²) in [6.45, 7) is 3.59. The van der Waals surface area contributed by atoms with Crippen LogP contribution in [-0.4, -0.2) is 49.0 Å². The molecule has 3 aromatic heterocycles. The third kappa shape index (κ3) is 3.07. The van der Waals surface area contributed by atoms with E-state index >= 15 is 0 Å². The van der Waals surface area contributed by atoms with Gasteiger partial charge in [0.25, 0.3) is 0 Å². The topological polar surface area (TPSA) is 108 Å². The zero-order valence-corrected chi connectivity index (χ0v) is 17.9. The van der Waals surface area contributed by atoms with Gasteiger partial charge in [0.2, 0.25) is 15.0 Å². The summed E-state index contributed by atoms with van der Waals surface area (Å²) in [5, 5.41) is 4.15. The number of hydrogen-bond acceptors (Lipinski definition) is 7. The number of hydrogen-bond donors (Lipinski definition) is 0. The van der Waals surface area contributed by atoms with Crippen molar-refractivity contribution in [2.75, 3.05) is 6.26 Å². The molecule has 5 rings (SSSR count). The van der Waals surface area contributed by atoms with Gasteiger partial charge in [-0.3, -0.25) is 0 Å². The van der Waals surface area contributed by atoms with Gasteiger partial charge in [-0.2, -0.15) is 9.67 Å². The molecule has 0 spiro atoms. The van der Waals surface area contributed by atoms with Crippen LogP contribution < -0.4 is 0 Å². The van der Waals surface area contributed by atoms with Gasteiger partial charge in [0.15, 0.2) is 5.82 Å². The first-order valence-electron chi connectivity index (χ1n) is 9.63. The van der Waals surface area contributed by atoms with E-state index in [2.05, 4.69) is 24.6 Å². The number of fused-ring (bicyclic) bond motifs is 1. The molecular formula is C20H21N7O2S. The van der Waals surface area contributed by atoms with E-state index in [0.29, 0.717) is 23.2 Å². The molecule has 30 heavy (non-hydrogen) atoms. The minimum atomic E-state index is -3.58. The van der Waals surface area contributed by atoms with E-state index in [1.54, 1.807) is 18.5 Å². The Balaban J connectivity index is 1.58. The fourth-order valence-corrected chi connectivity index (χ4v) is 4.47. The lowest BCUT2D eigenvalue weighted by Gasteiger charge is -2.08. The number of rotatable bonds is 4. The molecule has 0 amide bonds. The van der Waals surface area contributed by atoms with Crippen LogP contribution in [0.1, 0.15) is 41.4 Å². The third-order valence-electron chi connectivity index (χ3n) is 5.46. The molecule has 4 aromatic rings. The van der Waals surface area contributed by atoms with Gasteiger partial charge in [-0.05, 0) is 32.4 Å². The van der Waals surface area contributed by atoms with Gasteiger partial charge in [-0.15, -0.1) is 5.10 Å². The Morgan fingerprint density at radius 2 is 1.80 bits per heavy atom. The number of aryl methyl sites for hydroxylation is 3. The highest BCUT2D eigenvalue weighted by Gasteiger charge is 2.44. The van der Waals surface area contributed by atoms with Crippen molar-refractivity contribution in [3.8, 4) is 5.82 Å². The summed E-state index contributed by atoms with van der Waals surface area (Å²) in [5.74, 6) is 2.88. The van der Waals surface area contributed by atoms with Gasteiger partial charge >= 0.3 is 0 Å². The first-order valence-corrected chi connectivity index (χ1v) is 11.5. The van der Waals surface area contributed by atoms with Crippen molar-refractivity contribution in [1.82, 2.24) is 34.3 Å². The lowest BCUT2D eigenvalue weighted by Crippen LogP contribution is -2.12. The van der Waals surface area contributed by atoms with Crippen LogP contribution in [0, 0.1) is 13.8 Å². The number of aromatic nitrogens is 7. The van der Waals surface area contributed by atoms with E-state index < -0.39 is 9.84 Å². The second kappa shape index (κ2) is 6.43. The molecule has 0 bridgehead atoms. The molecule has 1 aliphatic rings. The van der Waals surface area contributed by atoms with Crippen molar-refractivity contribution < 1.29 is 8.42 Å². The quantitative estimate of drug-likeness (QED) is 0.463. The average Bonchev–Trinajstić information content (AvgIpc) is 3.32. The van der Waals surface area contributed by atoms with Gasteiger partial charge in [-0.25, -0.2) is 23.4 Å². The summed E-state index contributed by atoms with van der Waals surface area (Å²) in [4.78, 5) is 17.7. The van der Waals surface area contributed by atoms with Gasteiger partial charge in [0.1, 0.15) is 17.5 Å². The van der Waals surface area contributed by atoms with Crippen LogP contribution in [0.25, 0.3) is 16.9 Å². The van der Waals surface area contributed by atoms with Crippen molar-refractivity contribution in [3.63, 3.8) is 0 Å². The molecule has 1 saturated carbocycles. The Morgan fingerprint density at radius 3 is 2.47 bits per heavy atom. The number of sulfone groups is 1. The predicted octanol–water partition coefficient (Wildman–Crippen LogP) is 2.24. The number of para-hydroxylation sites is 2. The van der Waals surface area contributed by atoms with Crippen molar-refractivity contribution in [3.05, 3.63) is 53.5 Å². The summed E-state index contributed by atoms with van der Waals surface area (Å²) in [6, 6.07) is 9.82. The van der Waals surface area contributed by atoms with Crippen molar-refractivity contribution in [1.29, 1.82) is 0 Å². The first-order chi connectivity index (χ1) is 14.2. The fraction of sp³-hybridized carbons (Fsp3) is 0.350. The smallest absolute Gasteiger partial charge is 0.249 e. The van der Waals surface area contributed by atoms with E-state index in [-0.39, 0.29) is 17.0 Å². The highest BCUT2D eigenvalue weighted by atomic mass is 32.2. The molecular weight excluding hydrogens is 402 g/mol. The maximum atomic E-state index is 12.2. The van der Waals surface area contributed by atoms with Gasteiger partial charge in [0, 0.05) is 31.2 Å². The SMILES string of the molecule is Cc1nc(C)n(-c2cc([C@@H]3CC3c3nc4ccccc4n3C)nc(S(C)(=O)=O)n2)n1. The molecule has 1 fully saturated rings. The van der Waals surface area contributed by atoms with Gasteiger partial charge in [-0.1, -0.05) is 12.1 Å². The van der Waals surface area contributed by atoms with E-state index in [0.717, 1.165) is 29.5 Å². The number of imidazole rings is 1. The summed E-state index contributed by atoms with van der Waals surface area (Å²) < 4.78 is 28.1. The zero-order valence-electron chi connectivity index (χ0n) is 17.1. The molecule has 9 nitrogen and oxygen atoms in total. The van der Waals surface area contributed by atoms with Crippen LogP contribution in [0.15, 0.2) is 35.5 Å². The van der Waals surface area contributed by atoms with Crippen LogP contribution in [-0.2, 0) is 16.9 Å². The van der Waals surface area contributed by atoms with Crippen LogP contribution in [0.2, 0.25) is 0 Å². The monoisotopic (exact) mass is 423 g/mol. The largest absolute Gasteiger partial charge is 0.331 e. The summed E-state index contributed by atoms with van der Waals surface area (Å²) in [6.07, 6.45) is 1.97. The van der Waals surface area contributed by atoms with Crippen LogP contribution >= 0.6 is 0 Å². The molecule has 10 heteroatoms. The molecule has 0 saturated heterocycles. The average molecular weight is 424 g/mol. The zero-order chi connectivity index (χ0) is 21.2. The molecule has 1 unspecified atom stereocenters. The highest BCUT2D eigenvalue weighted by Crippen LogP contribution is 2.54. The van der Waals surface area contributed by atoms with Crippen LogP contribution in [0.5, 0.6) is 0 Å². The number of nitrogens with zero attached hydrogens (tertiary/aromatic N) is 7. The summed E-state index contributed by atoms with van der Waals surface area (Å²) in [5.41, 5.74) is 2.71. The Hall–Kier alpha value is -3.14. The summed E-state index contributed by atoms with van der Waals surface area (Å²) in [7, 11) is -1.57. The molecule has 0 aliphatic heterocycles. The lowest BCUT2D eigenvalue weighted by atomic mass is 10.2. The molecule has 0 radical (unpaired) electrons. The Labute approximate surface area is 173 Å². The standard InChI is InChI=1S/C20H21N7O2S/c1-11-21-12(2)27(25-11)18-10-16(23-20(24-18)30(4,28)29)13-9-14(13)19-22-15-7-5-6-8-17(15)26(19)3/h5-8,10,13-14H,9H2,1-4H3/t13-,14?/m1/s1. The van der Waals surface area contributed by atoms with Crippen molar-refractivity contribution >= 4 is 20.9 Å². The third-order valence-corrected chi connectivity index (χ3v) is 6.31. The van der Waals surface area contributed by atoms with E-state index in [9.17, 15) is 8.42 Å². The first kappa shape index (κ1) is 18.9. The van der Waals surface area contributed by atoms with Crippen LogP contribution in [0.3, 0.4) is 0 Å². The Kier molecular flexibility index (Phi) is 4.04. The molecule has 154 valence electrons. The minimum Gasteiger partial charge on any atom is -0.331 e. The predicted molar refractivity (Wildman–Crippen MR) is 110 cm³/mol. The normalized spacial score (nSPS) is 18.8. The second-order valence-electron chi connectivity index (χ2n) is 7.79.